The van der Waals surface area contributed by atoms with Gasteiger partial charge in [0.25, 0.3) is 0 Å². The van der Waals surface area contributed by atoms with Crippen molar-refractivity contribution in [1.82, 2.24) is 0 Å². The van der Waals surface area contributed by atoms with Crippen LogP contribution in [0.25, 0.3) is 0 Å². The van der Waals surface area contributed by atoms with Crippen LogP contribution in [0.15, 0.2) is 59.5 Å². The Balaban J connectivity index is 1.99. The Morgan fingerprint density at radius 1 is 0.941 bits per heavy atom. The van der Waals surface area contributed by atoms with E-state index in [2.05, 4.69) is 12.1 Å². The van der Waals surface area contributed by atoms with Crippen molar-refractivity contribution >= 4 is 11.2 Å². The van der Waals surface area contributed by atoms with Gasteiger partial charge < -0.3 is 4.55 Å². The average molecular weight is 244 g/mol. The van der Waals surface area contributed by atoms with E-state index in [1.807, 2.05) is 49.4 Å². The molecule has 0 aliphatic carbocycles. The summed E-state index contributed by atoms with van der Waals surface area (Å²) < 4.78 is 12.1. The average Bonchev–Trinajstić information content (AvgIpc) is 2.38. The Kier molecular flexibility index (Phi) is 4.24. The lowest BCUT2D eigenvalue weighted by atomic mass is 10.2. The van der Waals surface area contributed by atoms with Crippen LogP contribution in [-0.2, 0) is 17.6 Å². The van der Waals surface area contributed by atoms with Gasteiger partial charge in [-0.3, -0.25) is 0 Å². The molecule has 1 unspecified atom stereocenters. The molecule has 0 radical (unpaired) electrons. The molecule has 0 saturated heterocycles. The highest BCUT2D eigenvalue weighted by Crippen LogP contribution is 2.17. The van der Waals surface area contributed by atoms with Crippen LogP contribution in [0.2, 0.25) is 0 Å². The van der Waals surface area contributed by atoms with Crippen molar-refractivity contribution in [2.24, 2.45) is 0 Å². The van der Waals surface area contributed by atoms with E-state index in [0.717, 1.165) is 16.9 Å². The van der Waals surface area contributed by atoms with Crippen LogP contribution < -0.4 is 0 Å². The molecule has 1 atom stereocenters. The zero-order chi connectivity index (χ0) is 12.1. The third-order valence-electron chi connectivity index (χ3n) is 2.76. The Morgan fingerprint density at radius 2 is 1.59 bits per heavy atom. The molecular weight excluding hydrogens is 228 g/mol. The van der Waals surface area contributed by atoms with Crippen molar-refractivity contribution in [3.05, 3.63) is 65.7 Å². The molecule has 0 bridgehead atoms. The molecule has 0 saturated carbocycles. The minimum atomic E-state index is -0.895. The van der Waals surface area contributed by atoms with Gasteiger partial charge in [0.05, 0.1) is 0 Å². The van der Waals surface area contributed by atoms with Crippen LogP contribution in [-0.4, -0.2) is 10.3 Å². The van der Waals surface area contributed by atoms with E-state index < -0.39 is 11.2 Å². The quantitative estimate of drug-likeness (QED) is 0.756. The Bertz CT molecular complexity index is 467. The Morgan fingerprint density at radius 3 is 2.29 bits per heavy atom. The number of rotatable bonds is 4. The molecule has 0 heterocycles. The fourth-order valence-corrected chi connectivity index (χ4v) is 3.08. The fourth-order valence-electron chi connectivity index (χ4n) is 1.78. The molecular formula is C15H16OS. The lowest BCUT2D eigenvalue weighted by Gasteiger charge is -2.12. The molecule has 2 rings (SSSR count). The standard InChI is InChI=1S/C15H16OS/c1-13-7-5-6-10-15(13)17(16)12-11-14-8-3-2-4-9-14/h2-10H,11-12H2,1H3. The van der Waals surface area contributed by atoms with Gasteiger partial charge in [-0.15, -0.1) is 0 Å². The highest BCUT2D eigenvalue weighted by molar-refractivity contribution is 7.91. The van der Waals surface area contributed by atoms with Gasteiger partial charge in [0.2, 0.25) is 0 Å². The van der Waals surface area contributed by atoms with Crippen molar-refractivity contribution < 1.29 is 4.55 Å². The summed E-state index contributed by atoms with van der Waals surface area (Å²) >= 11 is -0.895. The molecule has 2 aromatic rings. The van der Waals surface area contributed by atoms with Crippen LogP contribution in [0.1, 0.15) is 11.1 Å². The van der Waals surface area contributed by atoms with Crippen LogP contribution in [0.4, 0.5) is 0 Å². The van der Waals surface area contributed by atoms with Gasteiger partial charge in [0, 0.05) is 12.0 Å². The summed E-state index contributed by atoms with van der Waals surface area (Å²) in [4.78, 5) is 0.962. The lowest BCUT2D eigenvalue weighted by molar-refractivity contribution is 0.593. The van der Waals surface area contributed by atoms with Crippen LogP contribution in [0, 0.1) is 6.92 Å². The van der Waals surface area contributed by atoms with Crippen molar-refractivity contribution in [3.63, 3.8) is 0 Å². The summed E-state index contributed by atoms with van der Waals surface area (Å²) in [6.45, 7) is 2.01. The molecule has 0 aromatic heterocycles. The number of hydrogen-bond donors (Lipinski definition) is 0. The Hall–Kier alpha value is -1.25. The Labute approximate surface area is 106 Å². The summed E-state index contributed by atoms with van der Waals surface area (Å²) in [6.07, 6.45) is 0.863. The van der Waals surface area contributed by atoms with Crippen molar-refractivity contribution in [3.8, 4) is 0 Å². The van der Waals surface area contributed by atoms with E-state index in [0.29, 0.717) is 5.75 Å². The number of hydrogen-bond acceptors (Lipinski definition) is 1. The predicted octanol–water partition coefficient (Wildman–Crippen LogP) is 3.35. The summed E-state index contributed by atoms with van der Waals surface area (Å²) in [5, 5.41) is 0. The predicted molar refractivity (Wildman–Crippen MR) is 72.6 cm³/mol. The molecule has 0 fully saturated rings. The lowest BCUT2D eigenvalue weighted by Crippen LogP contribution is -2.10. The molecule has 17 heavy (non-hydrogen) atoms. The van der Waals surface area contributed by atoms with Gasteiger partial charge in [-0.2, -0.15) is 0 Å². The second kappa shape index (κ2) is 5.89. The number of benzene rings is 2. The highest BCUT2D eigenvalue weighted by Gasteiger charge is 2.12. The minimum absolute atomic E-state index is 0.689. The van der Waals surface area contributed by atoms with E-state index in [1.54, 1.807) is 0 Å². The summed E-state index contributed by atoms with van der Waals surface area (Å²) in [7, 11) is 0. The molecule has 88 valence electrons. The summed E-state index contributed by atoms with van der Waals surface area (Å²) in [6, 6.07) is 18.1. The van der Waals surface area contributed by atoms with E-state index >= 15 is 0 Å². The SMILES string of the molecule is Cc1ccccc1[S+]([O-])CCc1ccccc1. The normalized spacial score (nSPS) is 12.4. The molecule has 0 aliphatic heterocycles. The van der Waals surface area contributed by atoms with Crippen LogP contribution in [0.3, 0.4) is 0 Å². The van der Waals surface area contributed by atoms with Crippen molar-refractivity contribution in [2.75, 3.05) is 5.75 Å². The largest absolute Gasteiger partial charge is 0.611 e. The third kappa shape index (κ3) is 3.35. The monoisotopic (exact) mass is 244 g/mol. The zero-order valence-electron chi connectivity index (χ0n) is 9.93. The summed E-state index contributed by atoms with van der Waals surface area (Å²) in [5.74, 6) is 0.689. The molecule has 2 aromatic carbocycles. The molecule has 0 N–H and O–H groups in total. The molecule has 2 heteroatoms. The molecule has 0 aliphatic rings. The smallest absolute Gasteiger partial charge is 0.155 e. The first-order chi connectivity index (χ1) is 8.27. The van der Waals surface area contributed by atoms with Gasteiger partial charge in [-0.25, -0.2) is 0 Å². The maximum atomic E-state index is 12.1. The highest BCUT2D eigenvalue weighted by atomic mass is 32.2. The topological polar surface area (TPSA) is 23.1 Å². The van der Waals surface area contributed by atoms with Crippen LogP contribution >= 0.6 is 0 Å². The third-order valence-corrected chi connectivity index (χ3v) is 4.28. The molecule has 1 nitrogen and oxygen atoms in total. The van der Waals surface area contributed by atoms with Gasteiger partial charge in [-0.1, -0.05) is 48.5 Å². The number of aryl methyl sites for hydroxylation is 2. The minimum Gasteiger partial charge on any atom is -0.611 e. The van der Waals surface area contributed by atoms with Gasteiger partial charge >= 0.3 is 0 Å². The maximum absolute atomic E-state index is 12.1. The molecule has 0 spiro atoms. The van der Waals surface area contributed by atoms with E-state index in [9.17, 15) is 4.55 Å². The molecule has 0 amide bonds. The first-order valence-electron chi connectivity index (χ1n) is 5.75. The van der Waals surface area contributed by atoms with Crippen LogP contribution in [0.5, 0.6) is 0 Å². The van der Waals surface area contributed by atoms with E-state index in [1.165, 1.54) is 5.56 Å². The van der Waals surface area contributed by atoms with E-state index in [4.69, 9.17) is 0 Å². The first kappa shape index (κ1) is 12.2. The van der Waals surface area contributed by atoms with Gasteiger partial charge in [-0.05, 0) is 29.7 Å². The van der Waals surface area contributed by atoms with Crippen molar-refractivity contribution in [1.29, 1.82) is 0 Å². The maximum Gasteiger partial charge on any atom is 0.155 e. The van der Waals surface area contributed by atoms with Gasteiger partial charge in [0.15, 0.2) is 4.90 Å². The van der Waals surface area contributed by atoms with Gasteiger partial charge in [0.1, 0.15) is 5.75 Å². The summed E-state index contributed by atoms with van der Waals surface area (Å²) in [5.41, 5.74) is 2.35. The fraction of sp³-hybridized carbons (Fsp3) is 0.200. The zero-order valence-corrected chi connectivity index (χ0v) is 10.7. The first-order valence-corrected chi connectivity index (χ1v) is 7.07. The second-order valence-corrected chi connectivity index (χ2v) is 5.59. The van der Waals surface area contributed by atoms with Crippen molar-refractivity contribution in [2.45, 2.75) is 18.2 Å². The van der Waals surface area contributed by atoms with E-state index in [-0.39, 0.29) is 0 Å². The second-order valence-electron chi connectivity index (χ2n) is 4.05.